The lowest BCUT2D eigenvalue weighted by Gasteiger charge is -2.34. The predicted molar refractivity (Wildman–Crippen MR) is 99.1 cm³/mol. The minimum absolute atomic E-state index is 0.392. The minimum atomic E-state index is -2.13. The van der Waals surface area contributed by atoms with Crippen LogP contribution >= 0.6 is 0 Å². The number of esters is 4. The fourth-order valence-electron chi connectivity index (χ4n) is 2.67. The summed E-state index contributed by atoms with van der Waals surface area (Å²) in [6.07, 6.45) is -1.04. The van der Waals surface area contributed by atoms with Crippen molar-refractivity contribution in [1.82, 2.24) is 0 Å². The summed E-state index contributed by atoms with van der Waals surface area (Å²) < 4.78 is 21.3. The van der Waals surface area contributed by atoms with Crippen molar-refractivity contribution in [2.45, 2.75) is 97.6 Å². The van der Waals surface area contributed by atoms with E-state index in [1.54, 1.807) is 62.3 Å². The largest absolute Gasteiger partial charge is 0.460 e. The highest BCUT2D eigenvalue weighted by Crippen LogP contribution is 2.40. The lowest BCUT2D eigenvalue weighted by molar-refractivity contribution is -0.197. The van der Waals surface area contributed by atoms with Crippen LogP contribution in [0.2, 0.25) is 0 Å². The molecule has 0 N–H and O–H groups in total. The van der Waals surface area contributed by atoms with Gasteiger partial charge in [-0.25, -0.2) is 4.79 Å². The van der Waals surface area contributed by atoms with E-state index in [4.69, 9.17) is 18.9 Å². The molecule has 0 radical (unpaired) electrons. The molecule has 160 valence electrons. The van der Waals surface area contributed by atoms with Crippen LogP contribution in [0.25, 0.3) is 0 Å². The molecule has 1 saturated heterocycles. The highest BCUT2D eigenvalue weighted by atomic mass is 16.6. The Balaban J connectivity index is 3.33. The number of carbonyl (C=O) groups excluding carboxylic acids is 4. The van der Waals surface area contributed by atoms with Gasteiger partial charge in [0.05, 0.1) is 12.8 Å². The van der Waals surface area contributed by atoms with Crippen molar-refractivity contribution in [1.29, 1.82) is 0 Å². The van der Waals surface area contributed by atoms with E-state index < -0.39 is 65.0 Å². The van der Waals surface area contributed by atoms with E-state index in [1.807, 2.05) is 0 Å². The monoisotopic (exact) mass is 400 g/mol. The van der Waals surface area contributed by atoms with Gasteiger partial charge in [-0.1, -0.05) is 0 Å². The standard InChI is InChI=1S/C20H32O8/c1-17(2,3)25-14(22)11-20(16(24)28-19(7,8)9)12(10-13(21)26-20)15(23)27-18(4,5)6/h12H,10-11H2,1-9H3/t12-,20-/m0/s1. The summed E-state index contributed by atoms with van der Waals surface area (Å²) in [5.41, 5.74) is -4.73. The maximum atomic E-state index is 13.0. The average molecular weight is 400 g/mol. The van der Waals surface area contributed by atoms with Crippen molar-refractivity contribution in [3.05, 3.63) is 0 Å². The number of hydrogen-bond donors (Lipinski definition) is 0. The summed E-state index contributed by atoms with van der Waals surface area (Å²) in [6, 6.07) is 0. The summed E-state index contributed by atoms with van der Waals surface area (Å²) >= 11 is 0. The van der Waals surface area contributed by atoms with Gasteiger partial charge in [0.1, 0.15) is 22.7 Å². The van der Waals surface area contributed by atoms with E-state index in [-0.39, 0.29) is 0 Å². The van der Waals surface area contributed by atoms with Gasteiger partial charge in [-0.2, -0.15) is 0 Å². The number of ether oxygens (including phenoxy) is 4. The molecular formula is C20H32O8. The van der Waals surface area contributed by atoms with Crippen molar-refractivity contribution in [2.24, 2.45) is 5.92 Å². The van der Waals surface area contributed by atoms with Gasteiger partial charge in [0, 0.05) is 0 Å². The van der Waals surface area contributed by atoms with Crippen LogP contribution in [-0.4, -0.2) is 46.3 Å². The topological polar surface area (TPSA) is 105 Å². The van der Waals surface area contributed by atoms with Crippen molar-refractivity contribution in [3.8, 4) is 0 Å². The van der Waals surface area contributed by atoms with Crippen molar-refractivity contribution in [3.63, 3.8) is 0 Å². The van der Waals surface area contributed by atoms with Crippen LogP contribution in [0, 0.1) is 5.92 Å². The van der Waals surface area contributed by atoms with Gasteiger partial charge in [0.2, 0.25) is 5.60 Å². The number of rotatable bonds is 4. The molecule has 0 aliphatic carbocycles. The van der Waals surface area contributed by atoms with Gasteiger partial charge in [0.15, 0.2) is 0 Å². The molecule has 0 saturated carbocycles. The maximum absolute atomic E-state index is 13.0. The summed E-state index contributed by atoms with van der Waals surface area (Å²) in [6.45, 7) is 14.9. The molecule has 28 heavy (non-hydrogen) atoms. The first-order chi connectivity index (χ1) is 12.3. The Kier molecular flexibility index (Phi) is 6.59. The molecule has 1 fully saturated rings. The molecule has 0 unspecified atom stereocenters. The quantitative estimate of drug-likeness (QED) is 0.524. The van der Waals surface area contributed by atoms with Crippen molar-refractivity contribution >= 4 is 23.9 Å². The van der Waals surface area contributed by atoms with Gasteiger partial charge in [0.25, 0.3) is 0 Å². The highest BCUT2D eigenvalue weighted by Gasteiger charge is 2.62. The van der Waals surface area contributed by atoms with E-state index >= 15 is 0 Å². The average Bonchev–Trinajstić information content (AvgIpc) is 2.70. The molecule has 0 spiro atoms. The van der Waals surface area contributed by atoms with Gasteiger partial charge >= 0.3 is 23.9 Å². The second kappa shape index (κ2) is 7.72. The van der Waals surface area contributed by atoms with E-state index in [0.29, 0.717) is 0 Å². The third-order valence-electron chi connectivity index (χ3n) is 3.49. The summed E-state index contributed by atoms with van der Waals surface area (Å²) in [5.74, 6) is -4.69. The first-order valence-electron chi connectivity index (χ1n) is 9.25. The van der Waals surface area contributed by atoms with E-state index in [0.717, 1.165) is 0 Å². The molecule has 0 aromatic carbocycles. The van der Waals surface area contributed by atoms with Crippen molar-refractivity contribution in [2.75, 3.05) is 0 Å². The van der Waals surface area contributed by atoms with Gasteiger partial charge in [-0.3, -0.25) is 14.4 Å². The van der Waals surface area contributed by atoms with Crippen LogP contribution in [0.1, 0.15) is 75.2 Å². The Hall–Kier alpha value is -2.12. The zero-order chi connectivity index (χ0) is 22.1. The number of cyclic esters (lactones) is 1. The molecule has 0 aromatic heterocycles. The molecular weight excluding hydrogens is 368 g/mol. The Morgan fingerprint density at radius 3 is 1.79 bits per heavy atom. The third kappa shape index (κ3) is 6.80. The molecule has 2 atom stereocenters. The van der Waals surface area contributed by atoms with Crippen LogP contribution in [-0.2, 0) is 38.1 Å². The molecule has 0 aromatic rings. The number of carbonyl (C=O) groups is 4. The molecule has 0 amide bonds. The second-order valence-corrected chi connectivity index (χ2v) is 9.92. The van der Waals surface area contributed by atoms with E-state index in [2.05, 4.69) is 0 Å². The molecule has 8 nitrogen and oxygen atoms in total. The third-order valence-corrected chi connectivity index (χ3v) is 3.49. The summed E-state index contributed by atoms with van der Waals surface area (Å²) in [4.78, 5) is 50.3. The maximum Gasteiger partial charge on any atom is 0.352 e. The van der Waals surface area contributed by atoms with Gasteiger partial charge in [-0.15, -0.1) is 0 Å². The molecule has 1 rings (SSSR count). The first-order valence-corrected chi connectivity index (χ1v) is 9.25. The zero-order valence-electron chi connectivity index (χ0n) is 18.3. The number of hydrogen-bond acceptors (Lipinski definition) is 8. The zero-order valence-corrected chi connectivity index (χ0v) is 18.3. The van der Waals surface area contributed by atoms with Gasteiger partial charge < -0.3 is 18.9 Å². The Morgan fingerprint density at radius 2 is 1.36 bits per heavy atom. The van der Waals surface area contributed by atoms with Crippen LogP contribution in [0.4, 0.5) is 0 Å². The van der Waals surface area contributed by atoms with E-state index in [1.165, 1.54) is 0 Å². The van der Waals surface area contributed by atoms with Crippen LogP contribution in [0.15, 0.2) is 0 Å². The molecule has 8 heteroatoms. The lowest BCUT2D eigenvalue weighted by Crippen LogP contribution is -2.53. The fraction of sp³-hybridized carbons (Fsp3) is 0.800. The molecule has 1 aliphatic rings. The van der Waals surface area contributed by atoms with Crippen molar-refractivity contribution < 1.29 is 38.1 Å². The predicted octanol–water partition coefficient (Wildman–Crippen LogP) is 2.70. The minimum Gasteiger partial charge on any atom is -0.460 e. The fourth-order valence-corrected chi connectivity index (χ4v) is 2.67. The highest BCUT2D eigenvalue weighted by molar-refractivity contribution is 5.98. The van der Waals surface area contributed by atoms with Crippen LogP contribution < -0.4 is 0 Å². The molecule has 1 aliphatic heterocycles. The Labute approximate surface area is 166 Å². The Morgan fingerprint density at radius 1 is 0.893 bits per heavy atom. The second-order valence-electron chi connectivity index (χ2n) is 9.92. The summed E-state index contributed by atoms with van der Waals surface area (Å²) in [7, 11) is 0. The summed E-state index contributed by atoms with van der Waals surface area (Å²) in [5, 5.41) is 0. The van der Waals surface area contributed by atoms with E-state index in [9.17, 15) is 19.2 Å². The SMILES string of the molecule is CC(C)(C)OC(=O)C[C@]1(C(=O)OC(C)(C)C)OC(=O)C[C@H]1C(=O)OC(C)(C)C. The smallest absolute Gasteiger partial charge is 0.352 e. The normalized spacial score (nSPS) is 23.0. The molecule has 0 bridgehead atoms. The molecule has 1 heterocycles. The van der Waals surface area contributed by atoms with Crippen LogP contribution in [0.5, 0.6) is 0 Å². The Bertz CT molecular complexity index is 645. The van der Waals surface area contributed by atoms with Crippen LogP contribution in [0.3, 0.4) is 0 Å². The van der Waals surface area contributed by atoms with Gasteiger partial charge in [-0.05, 0) is 62.3 Å². The first kappa shape index (κ1) is 23.9. The lowest BCUT2D eigenvalue weighted by atomic mass is 9.84.